The van der Waals surface area contributed by atoms with Crippen molar-refractivity contribution in [2.45, 2.75) is 6.42 Å². The first kappa shape index (κ1) is 21.1. The molecule has 9 heteroatoms. The van der Waals surface area contributed by atoms with Crippen LogP contribution in [0.1, 0.15) is 12.0 Å². The second kappa shape index (κ2) is 8.67. The van der Waals surface area contributed by atoms with Crippen LogP contribution in [0.25, 0.3) is 22.2 Å². The van der Waals surface area contributed by atoms with Crippen molar-refractivity contribution in [1.82, 2.24) is 19.7 Å². The average molecular weight is 449 g/mol. The normalized spacial score (nSPS) is 16.8. The number of carbonyl (C=O) groups excluding carboxylic acids is 1. The SMILES string of the molecule is O=C1NCCN1CCN1CC=C(c2cn(-c3ccc(F)cc3)c3ccc([N+](=O)[O-])cc23)CC1. The van der Waals surface area contributed by atoms with Crippen molar-refractivity contribution in [1.29, 1.82) is 0 Å². The summed E-state index contributed by atoms with van der Waals surface area (Å²) in [5.41, 5.74) is 3.77. The van der Waals surface area contributed by atoms with Gasteiger partial charge in [0.05, 0.1) is 10.4 Å². The van der Waals surface area contributed by atoms with Crippen LogP contribution >= 0.6 is 0 Å². The fraction of sp³-hybridized carbons (Fsp3) is 0.292. The van der Waals surface area contributed by atoms with Crippen molar-refractivity contribution in [3.05, 3.63) is 76.2 Å². The number of nitrogens with one attached hydrogen (secondary N) is 1. The van der Waals surface area contributed by atoms with E-state index >= 15 is 0 Å². The first-order chi connectivity index (χ1) is 16.0. The highest BCUT2D eigenvalue weighted by molar-refractivity contribution is 5.95. The summed E-state index contributed by atoms with van der Waals surface area (Å²) < 4.78 is 15.4. The minimum atomic E-state index is -0.385. The minimum Gasteiger partial charge on any atom is -0.336 e. The van der Waals surface area contributed by atoms with Gasteiger partial charge in [-0.1, -0.05) is 6.08 Å². The lowest BCUT2D eigenvalue weighted by molar-refractivity contribution is -0.384. The number of aromatic nitrogens is 1. The number of nitro benzene ring substituents is 1. The fourth-order valence-corrected chi connectivity index (χ4v) is 4.55. The Morgan fingerprint density at radius 1 is 1.09 bits per heavy atom. The van der Waals surface area contributed by atoms with Crippen molar-refractivity contribution < 1.29 is 14.1 Å². The van der Waals surface area contributed by atoms with Crippen LogP contribution in [0.5, 0.6) is 0 Å². The molecule has 0 radical (unpaired) electrons. The van der Waals surface area contributed by atoms with E-state index < -0.39 is 0 Å². The summed E-state index contributed by atoms with van der Waals surface area (Å²) >= 11 is 0. The molecule has 2 aromatic carbocycles. The zero-order valence-corrected chi connectivity index (χ0v) is 18.0. The Morgan fingerprint density at radius 2 is 1.91 bits per heavy atom. The second-order valence-electron chi connectivity index (χ2n) is 8.35. The molecule has 8 nitrogen and oxygen atoms in total. The molecule has 0 atom stereocenters. The van der Waals surface area contributed by atoms with Crippen LogP contribution in [0.4, 0.5) is 14.9 Å². The van der Waals surface area contributed by atoms with Crippen LogP contribution in [-0.2, 0) is 0 Å². The number of hydrogen-bond donors (Lipinski definition) is 1. The number of nitro groups is 1. The Morgan fingerprint density at radius 3 is 2.58 bits per heavy atom. The summed E-state index contributed by atoms with van der Waals surface area (Å²) in [5.74, 6) is -0.312. The lowest BCUT2D eigenvalue weighted by Gasteiger charge is -2.28. The van der Waals surface area contributed by atoms with Crippen LogP contribution in [0.15, 0.2) is 54.7 Å². The fourth-order valence-electron chi connectivity index (χ4n) is 4.55. The predicted octanol–water partition coefficient (Wildman–Crippen LogP) is 3.79. The number of hydrogen-bond acceptors (Lipinski definition) is 4. The number of carbonyl (C=O) groups is 1. The minimum absolute atomic E-state index is 0.00145. The number of fused-ring (bicyclic) bond motifs is 1. The predicted molar refractivity (Wildman–Crippen MR) is 124 cm³/mol. The van der Waals surface area contributed by atoms with Gasteiger partial charge in [-0.2, -0.15) is 0 Å². The molecule has 0 aliphatic carbocycles. The van der Waals surface area contributed by atoms with Crippen LogP contribution in [-0.4, -0.2) is 64.6 Å². The molecular weight excluding hydrogens is 425 g/mol. The Kier molecular flexibility index (Phi) is 5.55. The third-order valence-corrected chi connectivity index (χ3v) is 6.37. The number of rotatable bonds is 6. The molecule has 3 aromatic rings. The Labute approximate surface area is 190 Å². The molecule has 1 fully saturated rings. The molecule has 0 bridgehead atoms. The summed E-state index contributed by atoms with van der Waals surface area (Å²) in [7, 11) is 0. The maximum atomic E-state index is 13.5. The molecule has 5 rings (SSSR count). The van der Waals surface area contributed by atoms with Crippen molar-refractivity contribution in [2.75, 3.05) is 39.3 Å². The molecular formula is C24H24FN5O3. The third-order valence-electron chi connectivity index (χ3n) is 6.37. The van der Waals surface area contributed by atoms with E-state index in [0.717, 1.165) is 60.3 Å². The molecule has 2 aliphatic rings. The van der Waals surface area contributed by atoms with E-state index in [-0.39, 0.29) is 22.5 Å². The zero-order chi connectivity index (χ0) is 22.9. The van der Waals surface area contributed by atoms with Crippen LogP contribution in [0, 0.1) is 15.9 Å². The maximum Gasteiger partial charge on any atom is 0.317 e. The molecule has 1 aromatic heterocycles. The number of non-ortho nitro benzene ring substituents is 1. The van der Waals surface area contributed by atoms with Gasteiger partial charge in [-0.25, -0.2) is 9.18 Å². The number of amides is 2. The van der Waals surface area contributed by atoms with E-state index in [1.807, 2.05) is 15.7 Å². The van der Waals surface area contributed by atoms with E-state index in [2.05, 4.69) is 16.3 Å². The molecule has 1 N–H and O–H groups in total. The van der Waals surface area contributed by atoms with E-state index in [9.17, 15) is 19.3 Å². The molecule has 2 aliphatic heterocycles. The van der Waals surface area contributed by atoms with Gasteiger partial charge < -0.3 is 14.8 Å². The van der Waals surface area contributed by atoms with Crippen molar-refractivity contribution in [3.63, 3.8) is 0 Å². The van der Waals surface area contributed by atoms with Gasteiger partial charge in [-0.3, -0.25) is 15.0 Å². The number of urea groups is 1. The molecule has 1 saturated heterocycles. The van der Waals surface area contributed by atoms with E-state index in [1.54, 1.807) is 24.3 Å². The number of nitrogens with zero attached hydrogens (tertiary/aromatic N) is 4. The molecule has 0 unspecified atom stereocenters. The highest BCUT2D eigenvalue weighted by Gasteiger charge is 2.22. The lowest BCUT2D eigenvalue weighted by Crippen LogP contribution is -2.38. The van der Waals surface area contributed by atoms with E-state index in [4.69, 9.17) is 0 Å². The first-order valence-corrected chi connectivity index (χ1v) is 11.0. The number of benzene rings is 2. The first-order valence-electron chi connectivity index (χ1n) is 11.0. The molecule has 170 valence electrons. The molecule has 0 saturated carbocycles. The van der Waals surface area contributed by atoms with Gasteiger partial charge in [0.2, 0.25) is 0 Å². The van der Waals surface area contributed by atoms with Crippen LogP contribution in [0.3, 0.4) is 0 Å². The van der Waals surface area contributed by atoms with Crippen molar-refractivity contribution in [3.8, 4) is 5.69 Å². The largest absolute Gasteiger partial charge is 0.336 e. The van der Waals surface area contributed by atoms with Gasteiger partial charge in [0, 0.05) is 74.2 Å². The van der Waals surface area contributed by atoms with Gasteiger partial charge in [0.25, 0.3) is 5.69 Å². The molecule has 0 spiro atoms. The lowest BCUT2D eigenvalue weighted by atomic mass is 9.98. The average Bonchev–Trinajstić information content (AvgIpc) is 3.41. The maximum absolute atomic E-state index is 13.5. The second-order valence-corrected chi connectivity index (χ2v) is 8.35. The standard InChI is InChI=1S/C24H24FN5O3/c25-18-1-3-19(4-2-18)29-16-22(21-15-20(30(32)33)5-6-23(21)29)17-7-10-27(11-8-17)13-14-28-12-9-26-24(28)31/h1-7,15-16H,8-14H2,(H,26,31). The van der Waals surface area contributed by atoms with Gasteiger partial charge in [0.1, 0.15) is 5.82 Å². The summed E-state index contributed by atoms with van der Waals surface area (Å²) in [6, 6.07) is 11.1. The topological polar surface area (TPSA) is 83.7 Å². The van der Waals surface area contributed by atoms with E-state index in [1.165, 1.54) is 18.2 Å². The van der Waals surface area contributed by atoms with Gasteiger partial charge in [-0.05, 0) is 42.3 Å². The zero-order valence-electron chi connectivity index (χ0n) is 18.0. The summed E-state index contributed by atoms with van der Waals surface area (Å²) in [6.45, 7) is 4.55. The summed E-state index contributed by atoms with van der Waals surface area (Å²) in [4.78, 5) is 26.9. The monoisotopic (exact) mass is 449 g/mol. The van der Waals surface area contributed by atoms with Crippen LogP contribution in [0.2, 0.25) is 0 Å². The third kappa shape index (κ3) is 4.19. The van der Waals surface area contributed by atoms with E-state index in [0.29, 0.717) is 13.1 Å². The summed E-state index contributed by atoms with van der Waals surface area (Å²) in [6.07, 6.45) is 4.95. The van der Waals surface area contributed by atoms with Crippen molar-refractivity contribution >= 4 is 28.2 Å². The Balaban J connectivity index is 1.43. The van der Waals surface area contributed by atoms with Gasteiger partial charge >= 0.3 is 6.03 Å². The smallest absolute Gasteiger partial charge is 0.317 e. The Bertz CT molecular complexity index is 1250. The summed E-state index contributed by atoms with van der Waals surface area (Å²) in [5, 5.41) is 15.0. The Hall–Kier alpha value is -3.72. The molecule has 2 amide bonds. The van der Waals surface area contributed by atoms with Gasteiger partial charge in [0.15, 0.2) is 0 Å². The highest BCUT2D eigenvalue weighted by atomic mass is 19.1. The highest BCUT2D eigenvalue weighted by Crippen LogP contribution is 2.34. The molecule has 33 heavy (non-hydrogen) atoms. The molecule has 3 heterocycles. The van der Waals surface area contributed by atoms with Crippen LogP contribution < -0.4 is 5.32 Å². The number of halogens is 1. The quantitative estimate of drug-likeness (QED) is 0.458. The van der Waals surface area contributed by atoms with Crippen molar-refractivity contribution in [2.24, 2.45) is 0 Å². The van der Waals surface area contributed by atoms with Gasteiger partial charge in [-0.15, -0.1) is 0 Å².